The number of benzene rings is 5. The molecule has 0 fully saturated rings. The van der Waals surface area contributed by atoms with E-state index in [2.05, 4.69) is 32.8 Å². The van der Waals surface area contributed by atoms with Gasteiger partial charge in [0.05, 0.1) is 0 Å². The van der Waals surface area contributed by atoms with Crippen molar-refractivity contribution in [3.63, 3.8) is 0 Å². The minimum absolute atomic E-state index is 0.316. The maximum absolute atomic E-state index is 18.6. The van der Waals surface area contributed by atoms with Crippen LogP contribution in [0.25, 0.3) is 0 Å². The van der Waals surface area contributed by atoms with Gasteiger partial charge in [-0.05, 0) is 17.5 Å². The molecular formula is C43H49FN5OP. The van der Waals surface area contributed by atoms with Crippen molar-refractivity contribution in [2.45, 2.75) is 51.1 Å². The van der Waals surface area contributed by atoms with E-state index in [0.29, 0.717) is 31.2 Å². The number of aliphatic imine (C=N–C) groups is 2. The number of unbranched alkanes of at least 4 members (excludes halogenated alkanes) is 5. The van der Waals surface area contributed by atoms with Gasteiger partial charge in [-0.1, -0.05) is 30.3 Å². The molecular weight excluding hydrogens is 652 g/mol. The van der Waals surface area contributed by atoms with Crippen LogP contribution in [0, 0.1) is 0 Å². The molecule has 1 unspecified atom stereocenters. The van der Waals surface area contributed by atoms with Crippen molar-refractivity contribution in [2.24, 2.45) is 15.7 Å². The number of ether oxygens (including phenoxy) is 1. The topological polar surface area (TPSA) is 84.0 Å². The maximum atomic E-state index is 18.6. The van der Waals surface area contributed by atoms with Gasteiger partial charge in [0.1, 0.15) is 0 Å². The van der Waals surface area contributed by atoms with Gasteiger partial charge in [-0.3, -0.25) is 10.3 Å². The van der Waals surface area contributed by atoms with E-state index in [0.717, 1.165) is 72.2 Å². The summed E-state index contributed by atoms with van der Waals surface area (Å²) in [6, 6.07) is 47.9. The zero-order valence-corrected chi connectivity index (χ0v) is 30.1. The Morgan fingerprint density at radius 2 is 1.16 bits per heavy atom. The predicted molar refractivity (Wildman–Crippen MR) is 214 cm³/mol. The van der Waals surface area contributed by atoms with Gasteiger partial charge in [0, 0.05) is 6.54 Å². The van der Waals surface area contributed by atoms with Crippen LogP contribution in [0.5, 0.6) is 5.75 Å². The van der Waals surface area contributed by atoms with Crippen LogP contribution < -0.4 is 37.0 Å². The third kappa shape index (κ3) is 8.84. The summed E-state index contributed by atoms with van der Waals surface area (Å²) in [4.78, 5) is 9.16. The van der Waals surface area contributed by atoms with Gasteiger partial charge in [-0.15, -0.1) is 0 Å². The number of hydrogen-bond acceptors (Lipinski definition) is 4. The van der Waals surface area contributed by atoms with Crippen molar-refractivity contribution in [1.82, 2.24) is 10.6 Å². The van der Waals surface area contributed by atoms with E-state index in [1.807, 2.05) is 133 Å². The number of nitrogens with two attached hydrogens (primary N) is 1. The van der Waals surface area contributed by atoms with Gasteiger partial charge in [-0.25, -0.2) is 4.99 Å². The third-order valence-corrected chi connectivity index (χ3v) is 14.9. The Labute approximate surface area is 302 Å². The normalized spacial score (nSPS) is 15.9. The second kappa shape index (κ2) is 17.3. The number of nitrogens with zero attached hydrogens (tertiary/aromatic N) is 2. The van der Waals surface area contributed by atoms with Gasteiger partial charge in [0.15, 0.2) is 18.1 Å². The molecule has 6 nitrogen and oxygen atoms in total. The molecule has 0 radical (unpaired) electrons. The Bertz CT molecular complexity index is 1760. The minimum Gasteiger partial charge on any atom is -0.330 e. The summed E-state index contributed by atoms with van der Waals surface area (Å²) in [6.45, 7) is -2.84. The summed E-state index contributed by atoms with van der Waals surface area (Å²) in [7, 11) is 0. The Morgan fingerprint density at radius 3 is 1.73 bits per heavy atom. The SMILES string of the molecule is NC1=NC(c2ccc(OCCCCCCCCP(F)(c3ccccc3)(c3ccccc3)c3ccccc3)cc2)NC(=NCCc2ccccc2)N1. The van der Waals surface area contributed by atoms with Crippen LogP contribution >= 0.6 is 6.91 Å². The first kappa shape index (κ1) is 35.8. The Hall–Kier alpha value is -5.00. The first-order valence-corrected chi connectivity index (χ1v) is 20.4. The summed E-state index contributed by atoms with van der Waals surface area (Å²) in [5, 5.41) is 8.78. The minimum atomic E-state index is -4.14. The van der Waals surface area contributed by atoms with E-state index >= 15 is 4.20 Å². The molecule has 6 rings (SSSR count). The second-order valence-corrected chi connectivity index (χ2v) is 17.5. The standard InChI is InChI=1S/C43H49FN5OP/c44-51(38-21-11-6-12-22-38,39-23-13-7-14-24-39,40-25-15-8-16-26-40)34-18-4-2-1-3-17-33-50-37-29-27-36(28-30-37)41-47-42(45)49-43(48-41)46-32-31-35-19-9-5-10-20-35/h5-16,19-30,41H,1-4,17-18,31-34H2,(H4,45,46,47,48,49). The van der Waals surface area contributed by atoms with Crippen LogP contribution in [0.4, 0.5) is 4.20 Å². The van der Waals surface area contributed by atoms with E-state index in [1.54, 1.807) is 0 Å². The average molecular weight is 702 g/mol. The van der Waals surface area contributed by atoms with Gasteiger partial charge >= 0.3 is 204 Å². The molecule has 1 aliphatic heterocycles. The molecule has 0 saturated carbocycles. The van der Waals surface area contributed by atoms with Gasteiger partial charge in [0.2, 0.25) is 0 Å². The van der Waals surface area contributed by atoms with Crippen molar-refractivity contribution in [3.05, 3.63) is 157 Å². The Morgan fingerprint density at radius 1 is 0.647 bits per heavy atom. The zero-order chi connectivity index (χ0) is 35.2. The molecule has 8 heteroatoms. The smallest absolute Gasteiger partial charge is 0.330 e. The van der Waals surface area contributed by atoms with E-state index in [4.69, 9.17) is 10.5 Å². The molecule has 0 aromatic heterocycles. The fourth-order valence-electron chi connectivity index (χ4n) is 6.88. The molecule has 264 valence electrons. The molecule has 51 heavy (non-hydrogen) atoms. The quantitative estimate of drug-likeness (QED) is 0.0680. The molecule has 1 heterocycles. The van der Waals surface area contributed by atoms with Crippen molar-refractivity contribution in [3.8, 4) is 5.75 Å². The van der Waals surface area contributed by atoms with Crippen LogP contribution in [0.3, 0.4) is 0 Å². The van der Waals surface area contributed by atoms with Gasteiger partial charge in [-0.2, -0.15) is 0 Å². The molecule has 4 N–H and O–H groups in total. The van der Waals surface area contributed by atoms with Crippen LogP contribution in [0.15, 0.2) is 156 Å². The van der Waals surface area contributed by atoms with Crippen molar-refractivity contribution in [1.29, 1.82) is 0 Å². The van der Waals surface area contributed by atoms with E-state index in [9.17, 15) is 0 Å². The summed E-state index contributed by atoms with van der Waals surface area (Å²) in [5.41, 5.74) is 8.30. The van der Waals surface area contributed by atoms with E-state index in [-0.39, 0.29) is 6.17 Å². The Balaban J connectivity index is 0.950. The molecule has 0 spiro atoms. The molecule has 5 aromatic rings. The number of rotatable bonds is 17. The molecule has 0 amide bonds. The first-order chi connectivity index (χ1) is 25.0. The van der Waals surface area contributed by atoms with Crippen LogP contribution in [-0.2, 0) is 6.42 Å². The third-order valence-electron chi connectivity index (χ3n) is 9.62. The number of guanidine groups is 2. The van der Waals surface area contributed by atoms with Crippen LogP contribution in [0.1, 0.15) is 55.8 Å². The van der Waals surface area contributed by atoms with Gasteiger partial charge < -0.3 is 11.1 Å². The van der Waals surface area contributed by atoms with Crippen LogP contribution in [-0.4, -0.2) is 31.2 Å². The molecule has 0 saturated heterocycles. The average Bonchev–Trinajstić information content (AvgIpc) is 3.19. The van der Waals surface area contributed by atoms with E-state index in [1.165, 1.54) is 5.56 Å². The molecule has 0 bridgehead atoms. The number of hydrogen-bond donors (Lipinski definition) is 3. The molecule has 5 aromatic carbocycles. The van der Waals surface area contributed by atoms with Crippen molar-refractivity contribution < 1.29 is 8.93 Å². The summed E-state index contributed by atoms with van der Waals surface area (Å²) in [6.07, 6.45) is 7.09. The fraction of sp³-hybridized carbons (Fsp3) is 0.256. The summed E-state index contributed by atoms with van der Waals surface area (Å²) >= 11 is 0. The Kier molecular flexibility index (Phi) is 12.1. The van der Waals surface area contributed by atoms with Crippen molar-refractivity contribution >= 4 is 34.7 Å². The number of nitrogens with one attached hydrogen (secondary N) is 2. The zero-order valence-electron chi connectivity index (χ0n) is 29.2. The molecule has 1 atom stereocenters. The van der Waals surface area contributed by atoms with E-state index < -0.39 is 6.91 Å². The van der Waals surface area contributed by atoms with Crippen molar-refractivity contribution in [2.75, 3.05) is 19.3 Å². The second-order valence-electron chi connectivity index (χ2n) is 13.1. The molecule has 0 aliphatic carbocycles. The monoisotopic (exact) mass is 701 g/mol. The summed E-state index contributed by atoms with van der Waals surface area (Å²) in [5.74, 6) is 1.79. The number of halogens is 1. The first-order valence-electron chi connectivity index (χ1n) is 18.1. The van der Waals surface area contributed by atoms with Crippen LogP contribution in [0.2, 0.25) is 0 Å². The predicted octanol–water partition coefficient (Wildman–Crippen LogP) is 7.93. The van der Waals surface area contributed by atoms with Gasteiger partial charge in [0.25, 0.3) is 0 Å². The summed E-state index contributed by atoms with van der Waals surface area (Å²) < 4.78 is 24.6. The fourth-order valence-corrected chi connectivity index (χ4v) is 11.7. The molecule has 1 aliphatic rings.